The van der Waals surface area contributed by atoms with Crippen LogP contribution in [0.4, 0.5) is 5.69 Å². The number of hydrogen-bond acceptors (Lipinski definition) is 6. The largest absolute Gasteiger partial charge is 0.454 e. The Labute approximate surface area is 133 Å². The summed E-state index contributed by atoms with van der Waals surface area (Å²) < 4.78 is 15.9. The monoisotopic (exact) mass is 315 g/mol. The summed E-state index contributed by atoms with van der Waals surface area (Å²) in [6, 6.07) is 7.18. The number of fused-ring (bicyclic) bond motifs is 1. The summed E-state index contributed by atoms with van der Waals surface area (Å²) >= 11 is 0. The van der Waals surface area contributed by atoms with Crippen LogP contribution in [0.3, 0.4) is 0 Å². The summed E-state index contributed by atoms with van der Waals surface area (Å²) in [5, 5.41) is 14.8. The lowest BCUT2D eigenvalue weighted by atomic mass is 10.2. The third-order valence-corrected chi connectivity index (χ3v) is 3.64. The molecule has 120 valence electrons. The Kier molecular flexibility index (Phi) is 4.64. The highest BCUT2D eigenvalue weighted by atomic mass is 16.7. The first-order valence-corrected chi connectivity index (χ1v) is 7.42. The molecule has 7 nitrogen and oxygen atoms in total. The lowest BCUT2D eigenvalue weighted by molar-refractivity contribution is -0.117. The molecule has 0 saturated carbocycles. The number of ether oxygens (including phenoxy) is 3. The van der Waals surface area contributed by atoms with E-state index in [9.17, 15) is 4.79 Å². The van der Waals surface area contributed by atoms with Crippen molar-refractivity contribution in [3.63, 3.8) is 0 Å². The van der Waals surface area contributed by atoms with Crippen LogP contribution >= 0.6 is 0 Å². The molecule has 1 amide bonds. The fourth-order valence-electron chi connectivity index (χ4n) is 2.40. The van der Waals surface area contributed by atoms with Crippen LogP contribution in [0.5, 0.6) is 11.5 Å². The van der Waals surface area contributed by atoms with Crippen LogP contribution in [-0.2, 0) is 9.53 Å². The molecule has 1 aromatic carbocycles. The second-order valence-electron chi connectivity index (χ2n) is 5.23. The van der Waals surface area contributed by atoms with Gasteiger partial charge >= 0.3 is 0 Å². The fraction of sp³-hybridized carbons (Fsp3) is 0.375. The van der Waals surface area contributed by atoms with E-state index in [1.807, 2.05) is 6.07 Å². The lowest BCUT2D eigenvalue weighted by Gasteiger charge is -2.10. The zero-order valence-electron chi connectivity index (χ0n) is 12.5. The van der Waals surface area contributed by atoms with Gasteiger partial charge in [-0.15, -0.1) is 0 Å². The molecule has 0 bridgehead atoms. The molecule has 0 radical (unpaired) electrons. The molecule has 2 aliphatic heterocycles. The number of rotatable bonds is 5. The van der Waals surface area contributed by atoms with E-state index in [1.54, 1.807) is 18.2 Å². The molecule has 1 unspecified atom stereocenters. The molecule has 23 heavy (non-hydrogen) atoms. The molecule has 2 aliphatic rings. The Morgan fingerprint density at radius 2 is 2.26 bits per heavy atom. The van der Waals surface area contributed by atoms with Gasteiger partial charge in [-0.3, -0.25) is 4.79 Å². The zero-order chi connectivity index (χ0) is 16.1. The van der Waals surface area contributed by atoms with E-state index in [-0.39, 0.29) is 18.5 Å². The highest BCUT2D eigenvalue weighted by Gasteiger charge is 2.18. The van der Waals surface area contributed by atoms with Gasteiger partial charge in [0.1, 0.15) is 11.6 Å². The van der Waals surface area contributed by atoms with Crippen LogP contribution in [0.25, 0.3) is 0 Å². The number of nitriles is 1. The maximum absolute atomic E-state index is 12.0. The van der Waals surface area contributed by atoms with Crippen molar-refractivity contribution in [2.75, 3.05) is 25.3 Å². The van der Waals surface area contributed by atoms with Crippen LogP contribution in [0, 0.1) is 11.3 Å². The fourth-order valence-corrected chi connectivity index (χ4v) is 2.40. The molecular formula is C16H17N3O4. The smallest absolute Gasteiger partial charge is 0.263 e. The van der Waals surface area contributed by atoms with Crippen molar-refractivity contribution in [2.45, 2.75) is 18.9 Å². The van der Waals surface area contributed by atoms with E-state index in [1.165, 1.54) is 6.20 Å². The molecule has 1 aromatic rings. The highest BCUT2D eigenvalue weighted by Crippen LogP contribution is 2.34. The van der Waals surface area contributed by atoms with Crippen LogP contribution in [0.15, 0.2) is 30.0 Å². The normalized spacial score (nSPS) is 19.3. The van der Waals surface area contributed by atoms with Crippen molar-refractivity contribution in [2.24, 2.45) is 0 Å². The summed E-state index contributed by atoms with van der Waals surface area (Å²) in [6.07, 6.45) is 3.36. The Morgan fingerprint density at radius 3 is 3.04 bits per heavy atom. The molecule has 0 spiro atoms. The second kappa shape index (κ2) is 7.03. The van der Waals surface area contributed by atoms with Crippen molar-refractivity contribution >= 4 is 11.6 Å². The number of hydrogen-bond donors (Lipinski definition) is 2. The molecular weight excluding hydrogens is 298 g/mol. The Balaban J connectivity index is 1.57. The average molecular weight is 315 g/mol. The van der Waals surface area contributed by atoms with E-state index in [0.717, 1.165) is 19.4 Å². The predicted molar refractivity (Wildman–Crippen MR) is 81.9 cm³/mol. The number of carbonyl (C=O) groups is 1. The topological polar surface area (TPSA) is 92.6 Å². The van der Waals surface area contributed by atoms with Crippen LogP contribution < -0.4 is 20.1 Å². The van der Waals surface area contributed by atoms with E-state index >= 15 is 0 Å². The maximum Gasteiger partial charge on any atom is 0.263 e. The van der Waals surface area contributed by atoms with Gasteiger partial charge in [0.05, 0.1) is 6.10 Å². The summed E-state index contributed by atoms with van der Waals surface area (Å²) in [4.78, 5) is 12.0. The predicted octanol–water partition coefficient (Wildman–Crippen LogP) is 1.53. The molecule has 1 saturated heterocycles. The van der Waals surface area contributed by atoms with Gasteiger partial charge in [-0.05, 0) is 25.0 Å². The number of carbonyl (C=O) groups excluding carboxylic acids is 1. The minimum absolute atomic E-state index is 0.000615. The molecule has 0 aromatic heterocycles. The highest BCUT2D eigenvalue weighted by molar-refractivity contribution is 5.97. The van der Waals surface area contributed by atoms with Gasteiger partial charge in [0, 0.05) is 31.1 Å². The van der Waals surface area contributed by atoms with Gasteiger partial charge < -0.3 is 24.8 Å². The van der Waals surface area contributed by atoms with E-state index < -0.39 is 5.91 Å². The van der Waals surface area contributed by atoms with Crippen molar-refractivity contribution in [3.8, 4) is 17.6 Å². The van der Waals surface area contributed by atoms with Crippen LogP contribution in [-0.4, -0.2) is 32.0 Å². The zero-order valence-corrected chi connectivity index (χ0v) is 12.5. The van der Waals surface area contributed by atoms with Gasteiger partial charge in [-0.25, -0.2) is 0 Å². The minimum Gasteiger partial charge on any atom is -0.454 e. The molecule has 2 N–H and O–H groups in total. The standard InChI is InChI=1S/C16H17N3O4/c17-7-11(16(20)19-9-13-2-1-5-21-13)8-18-12-3-4-14-15(6-12)23-10-22-14/h3-4,6,8,13,18H,1-2,5,9-10H2,(H,19,20)/b11-8-. The first kappa shape index (κ1) is 15.2. The van der Waals surface area contributed by atoms with Gasteiger partial charge in [0.15, 0.2) is 11.5 Å². The van der Waals surface area contributed by atoms with Gasteiger partial charge in [-0.2, -0.15) is 5.26 Å². The quantitative estimate of drug-likeness (QED) is 0.632. The molecule has 2 heterocycles. The molecule has 3 rings (SSSR count). The SMILES string of the molecule is N#C/C(=C/Nc1ccc2c(c1)OCO2)C(=O)NCC1CCCO1. The van der Waals surface area contributed by atoms with E-state index in [0.29, 0.717) is 23.7 Å². The van der Waals surface area contributed by atoms with Gasteiger partial charge in [-0.1, -0.05) is 0 Å². The molecule has 7 heteroatoms. The number of nitrogens with zero attached hydrogens (tertiary/aromatic N) is 1. The van der Waals surface area contributed by atoms with Crippen LogP contribution in [0.1, 0.15) is 12.8 Å². The average Bonchev–Trinajstić information content (AvgIpc) is 3.24. The summed E-state index contributed by atoms with van der Waals surface area (Å²) in [5.74, 6) is 0.885. The molecule has 0 aliphatic carbocycles. The second-order valence-corrected chi connectivity index (χ2v) is 5.23. The summed E-state index contributed by atoms with van der Waals surface area (Å²) in [7, 11) is 0. The van der Waals surface area contributed by atoms with Gasteiger partial charge in [0.2, 0.25) is 6.79 Å². The van der Waals surface area contributed by atoms with Crippen molar-refractivity contribution in [1.29, 1.82) is 5.26 Å². The van der Waals surface area contributed by atoms with Crippen LogP contribution in [0.2, 0.25) is 0 Å². The molecule has 1 fully saturated rings. The first-order valence-electron chi connectivity index (χ1n) is 7.42. The lowest BCUT2D eigenvalue weighted by Crippen LogP contribution is -2.32. The Bertz CT molecular complexity index is 660. The van der Waals surface area contributed by atoms with E-state index in [4.69, 9.17) is 19.5 Å². The number of nitrogens with one attached hydrogen (secondary N) is 2. The number of anilines is 1. The number of amides is 1. The summed E-state index contributed by atoms with van der Waals surface area (Å²) in [5.41, 5.74) is 0.703. The molecule has 1 atom stereocenters. The van der Waals surface area contributed by atoms with E-state index in [2.05, 4.69) is 10.6 Å². The van der Waals surface area contributed by atoms with Crippen molar-refractivity contribution in [3.05, 3.63) is 30.0 Å². The Morgan fingerprint density at radius 1 is 1.39 bits per heavy atom. The minimum atomic E-state index is -0.420. The maximum atomic E-state index is 12.0. The van der Waals surface area contributed by atoms with Crippen molar-refractivity contribution in [1.82, 2.24) is 5.32 Å². The van der Waals surface area contributed by atoms with Gasteiger partial charge in [0.25, 0.3) is 5.91 Å². The Hall–Kier alpha value is -2.72. The number of benzene rings is 1. The third-order valence-electron chi connectivity index (χ3n) is 3.64. The third kappa shape index (κ3) is 3.73. The first-order chi connectivity index (χ1) is 11.3. The van der Waals surface area contributed by atoms with Crippen molar-refractivity contribution < 1.29 is 19.0 Å². The summed E-state index contributed by atoms with van der Waals surface area (Å²) in [6.45, 7) is 1.35.